The number of hydrogen-bond donors (Lipinski definition) is 0. The summed E-state index contributed by atoms with van der Waals surface area (Å²) in [5.41, 5.74) is 0.570. The second-order valence-corrected chi connectivity index (χ2v) is 4.65. The van der Waals surface area contributed by atoms with Crippen LogP contribution in [-0.2, 0) is 0 Å². The first-order valence-corrected chi connectivity index (χ1v) is 6.52. The van der Waals surface area contributed by atoms with Crippen molar-refractivity contribution in [3.8, 4) is 5.75 Å². The van der Waals surface area contributed by atoms with Crippen molar-refractivity contribution in [1.82, 2.24) is 0 Å². The van der Waals surface area contributed by atoms with Crippen LogP contribution in [0.3, 0.4) is 0 Å². The van der Waals surface area contributed by atoms with E-state index >= 15 is 0 Å². The van der Waals surface area contributed by atoms with Crippen LogP contribution < -0.4 is 4.74 Å². The largest absolute Gasteiger partial charge is 0.492 e. The van der Waals surface area contributed by atoms with Crippen molar-refractivity contribution in [2.75, 3.05) is 6.61 Å². The first kappa shape index (κ1) is 12.9. The van der Waals surface area contributed by atoms with Gasteiger partial charge in [0.2, 0.25) is 5.78 Å². The van der Waals surface area contributed by atoms with Gasteiger partial charge in [-0.15, -0.1) is 0 Å². The van der Waals surface area contributed by atoms with Crippen LogP contribution in [-0.4, -0.2) is 12.4 Å². The summed E-state index contributed by atoms with van der Waals surface area (Å²) in [5.74, 6) is 0.944. The molecule has 0 bridgehead atoms. The SMILES string of the molecule is CCCOc1ccc(C(=O)c2ccco2)cc1Br. The highest BCUT2D eigenvalue weighted by Gasteiger charge is 2.13. The quantitative estimate of drug-likeness (QED) is 0.782. The number of carbonyl (C=O) groups excluding carboxylic acids is 1. The van der Waals surface area contributed by atoms with E-state index in [4.69, 9.17) is 9.15 Å². The summed E-state index contributed by atoms with van der Waals surface area (Å²) in [7, 11) is 0. The third-order valence-corrected chi connectivity index (χ3v) is 3.02. The molecular formula is C14H13BrO3. The van der Waals surface area contributed by atoms with E-state index in [-0.39, 0.29) is 5.78 Å². The highest BCUT2D eigenvalue weighted by Crippen LogP contribution is 2.27. The monoisotopic (exact) mass is 308 g/mol. The summed E-state index contributed by atoms with van der Waals surface area (Å²) < 4.78 is 11.4. The molecule has 18 heavy (non-hydrogen) atoms. The van der Waals surface area contributed by atoms with E-state index in [9.17, 15) is 4.79 Å². The Bertz CT molecular complexity index is 532. The minimum atomic E-state index is -0.136. The summed E-state index contributed by atoms with van der Waals surface area (Å²) in [4.78, 5) is 12.0. The van der Waals surface area contributed by atoms with Crippen molar-refractivity contribution < 1.29 is 13.9 Å². The lowest BCUT2D eigenvalue weighted by atomic mass is 10.1. The molecule has 0 N–H and O–H groups in total. The van der Waals surface area contributed by atoms with Crippen molar-refractivity contribution in [2.24, 2.45) is 0 Å². The zero-order valence-electron chi connectivity index (χ0n) is 9.98. The molecule has 94 valence electrons. The molecule has 0 saturated carbocycles. The molecular weight excluding hydrogens is 296 g/mol. The number of furan rings is 1. The van der Waals surface area contributed by atoms with Crippen LogP contribution in [0.5, 0.6) is 5.75 Å². The normalized spacial score (nSPS) is 10.3. The van der Waals surface area contributed by atoms with Crippen LogP contribution in [0.15, 0.2) is 45.5 Å². The average molecular weight is 309 g/mol. The summed E-state index contributed by atoms with van der Waals surface area (Å²) in [6.07, 6.45) is 2.43. The fourth-order valence-corrected chi connectivity index (χ4v) is 2.01. The van der Waals surface area contributed by atoms with Crippen LogP contribution in [0.2, 0.25) is 0 Å². The van der Waals surface area contributed by atoms with Crippen molar-refractivity contribution >= 4 is 21.7 Å². The molecule has 1 heterocycles. The predicted molar refractivity (Wildman–Crippen MR) is 72.1 cm³/mol. The molecule has 0 unspecified atom stereocenters. The third-order valence-electron chi connectivity index (χ3n) is 2.40. The van der Waals surface area contributed by atoms with E-state index in [1.54, 1.807) is 30.3 Å². The summed E-state index contributed by atoms with van der Waals surface area (Å²) >= 11 is 3.40. The summed E-state index contributed by atoms with van der Waals surface area (Å²) in [6.45, 7) is 2.70. The van der Waals surface area contributed by atoms with Gasteiger partial charge < -0.3 is 9.15 Å². The first-order valence-electron chi connectivity index (χ1n) is 5.73. The van der Waals surface area contributed by atoms with Crippen molar-refractivity contribution in [1.29, 1.82) is 0 Å². The number of rotatable bonds is 5. The Morgan fingerprint density at radius 3 is 2.83 bits per heavy atom. The Hall–Kier alpha value is -1.55. The molecule has 0 radical (unpaired) electrons. The van der Waals surface area contributed by atoms with E-state index in [0.29, 0.717) is 17.9 Å². The highest BCUT2D eigenvalue weighted by atomic mass is 79.9. The lowest BCUT2D eigenvalue weighted by molar-refractivity contribution is 0.101. The fourth-order valence-electron chi connectivity index (χ4n) is 1.52. The molecule has 0 aliphatic rings. The van der Waals surface area contributed by atoms with Crippen molar-refractivity contribution in [3.05, 3.63) is 52.4 Å². The lowest BCUT2D eigenvalue weighted by Crippen LogP contribution is -2.01. The topological polar surface area (TPSA) is 39.4 Å². The van der Waals surface area contributed by atoms with Gasteiger partial charge in [0.1, 0.15) is 5.75 Å². The van der Waals surface area contributed by atoms with Gasteiger partial charge in [0, 0.05) is 5.56 Å². The number of ether oxygens (including phenoxy) is 1. The average Bonchev–Trinajstić information content (AvgIpc) is 2.90. The molecule has 0 saturated heterocycles. The standard InChI is InChI=1S/C14H13BrO3/c1-2-7-17-12-6-5-10(9-11(12)15)14(16)13-4-3-8-18-13/h3-6,8-9H,2,7H2,1H3. The third kappa shape index (κ3) is 2.82. The van der Waals surface area contributed by atoms with Crippen molar-refractivity contribution in [3.63, 3.8) is 0 Å². The lowest BCUT2D eigenvalue weighted by Gasteiger charge is -2.07. The number of ketones is 1. The molecule has 3 nitrogen and oxygen atoms in total. The van der Waals surface area contributed by atoms with Gasteiger partial charge in [0.25, 0.3) is 0 Å². The molecule has 0 fully saturated rings. The number of benzene rings is 1. The van der Waals surface area contributed by atoms with Gasteiger partial charge >= 0.3 is 0 Å². The van der Waals surface area contributed by atoms with Gasteiger partial charge in [0.15, 0.2) is 5.76 Å². The van der Waals surface area contributed by atoms with E-state index in [2.05, 4.69) is 15.9 Å². The van der Waals surface area contributed by atoms with Gasteiger partial charge in [0.05, 0.1) is 17.3 Å². The van der Waals surface area contributed by atoms with Gasteiger partial charge in [-0.3, -0.25) is 4.79 Å². The van der Waals surface area contributed by atoms with Crippen LogP contribution in [0, 0.1) is 0 Å². The molecule has 1 aromatic carbocycles. The molecule has 0 amide bonds. The Morgan fingerprint density at radius 1 is 1.39 bits per heavy atom. The molecule has 0 aliphatic heterocycles. The maximum Gasteiger partial charge on any atom is 0.228 e. The van der Waals surface area contributed by atoms with Gasteiger partial charge in [-0.05, 0) is 52.7 Å². The van der Waals surface area contributed by atoms with Gasteiger partial charge in [-0.25, -0.2) is 0 Å². The zero-order valence-corrected chi connectivity index (χ0v) is 11.6. The Labute approximate surface area is 114 Å². The highest BCUT2D eigenvalue weighted by molar-refractivity contribution is 9.10. The number of carbonyl (C=O) groups is 1. The van der Waals surface area contributed by atoms with Gasteiger partial charge in [-0.1, -0.05) is 6.92 Å². The Kier molecular flexibility index (Phi) is 4.20. The Morgan fingerprint density at radius 2 is 2.22 bits per heavy atom. The summed E-state index contributed by atoms with van der Waals surface area (Å²) in [5, 5.41) is 0. The second kappa shape index (κ2) is 5.87. The predicted octanol–water partition coefficient (Wildman–Crippen LogP) is 4.06. The van der Waals surface area contributed by atoms with Crippen LogP contribution in [0.25, 0.3) is 0 Å². The van der Waals surface area contributed by atoms with Crippen molar-refractivity contribution in [2.45, 2.75) is 13.3 Å². The van der Waals surface area contributed by atoms with E-state index < -0.39 is 0 Å². The fraction of sp³-hybridized carbons (Fsp3) is 0.214. The molecule has 2 aromatic rings. The number of hydrogen-bond acceptors (Lipinski definition) is 3. The van der Waals surface area contributed by atoms with Crippen LogP contribution >= 0.6 is 15.9 Å². The Balaban J connectivity index is 2.21. The zero-order chi connectivity index (χ0) is 13.0. The molecule has 4 heteroatoms. The van der Waals surface area contributed by atoms with Crippen LogP contribution in [0.1, 0.15) is 29.5 Å². The maximum absolute atomic E-state index is 12.0. The molecule has 0 aliphatic carbocycles. The minimum absolute atomic E-state index is 0.136. The maximum atomic E-state index is 12.0. The van der Waals surface area contributed by atoms with E-state index in [1.807, 2.05) is 6.92 Å². The number of halogens is 1. The van der Waals surface area contributed by atoms with Crippen LogP contribution in [0.4, 0.5) is 0 Å². The van der Waals surface area contributed by atoms with E-state index in [0.717, 1.165) is 16.6 Å². The first-order chi connectivity index (χ1) is 8.72. The smallest absolute Gasteiger partial charge is 0.228 e. The summed E-state index contributed by atoms with van der Waals surface area (Å²) in [6, 6.07) is 8.62. The van der Waals surface area contributed by atoms with E-state index in [1.165, 1.54) is 6.26 Å². The van der Waals surface area contributed by atoms with Gasteiger partial charge in [-0.2, -0.15) is 0 Å². The molecule has 2 rings (SSSR count). The molecule has 1 aromatic heterocycles. The minimum Gasteiger partial charge on any atom is -0.492 e. The molecule has 0 atom stereocenters. The molecule has 0 spiro atoms. The second-order valence-electron chi connectivity index (χ2n) is 3.80.